The number of esters is 1. The molecule has 13 nitrogen and oxygen atoms in total. The van der Waals surface area contributed by atoms with Crippen LogP contribution in [-0.4, -0.2) is 68.9 Å². The Morgan fingerprint density at radius 1 is 1.27 bits per heavy atom. The molecule has 0 aliphatic carbocycles. The predicted molar refractivity (Wildman–Crippen MR) is 131 cm³/mol. The molecular weight excluding hydrogens is 486 g/mol. The van der Waals surface area contributed by atoms with Gasteiger partial charge >= 0.3 is 12.1 Å². The van der Waals surface area contributed by atoms with Gasteiger partial charge in [-0.05, 0) is 46.6 Å². The highest BCUT2D eigenvalue weighted by molar-refractivity contribution is 5.81. The van der Waals surface area contributed by atoms with Crippen molar-refractivity contribution in [2.45, 2.75) is 90.4 Å². The minimum atomic E-state index is -0.924. The maximum Gasteiger partial charge on any atom is 0.408 e. The van der Waals surface area contributed by atoms with Crippen molar-refractivity contribution in [2.24, 2.45) is 5.92 Å². The van der Waals surface area contributed by atoms with E-state index in [9.17, 15) is 14.4 Å². The van der Waals surface area contributed by atoms with Crippen LogP contribution in [0.25, 0.3) is 11.0 Å². The maximum atomic E-state index is 12.9. The van der Waals surface area contributed by atoms with Gasteiger partial charge in [0.2, 0.25) is 5.95 Å². The fraction of sp³-hybridized carbons (Fsp3) is 0.667. The number of H-pyrrole nitrogens is 1. The van der Waals surface area contributed by atoms with Crippen molar-refractivity contribution in [3.63, 3.8) is 0 Å². The lowest BCUT2D eigenvalue weighted by Crippen LogP contribution is -2.48. The molecule has 0 aromatic carbocycles. The Balaban J connectivity index is 1.51. The van der Waals surface area contributed by atoms with Gasteiger partial charge in [0.05, 0.1) is 5.39 Å². The van der Waals surface area contributed by atoms with Crippen LogP contribution in [0.15, 0.2) is 17.1 Å². The monoisotopic (exact) mass is 521 g/mol. The first-order valence-electron chi connectivity index (χ1n) is 12.2. The molecule has 4 rings (SSSR count). The molecule has 5 atom stereocenters. The molecule has 2 aliphatic heterocycles. The summed E-state index contributed by atoms with van der Waals surface area (Å²) in [6.07, 6.45) is -1.60. The number of hydrogen-bond donors (Lipinski definition) is 3. The lowest BCUT2D eigenvalue weighted by atomic mass is 10.1. The number of aromatic nitrogens is 3. The van der Waals surface area contributed by atoms with Crippen molar-refractivity contribution in [2.75, 3.05) is 12.3 Å². The number of fused-ring (bicyclic) bond motifs is 2. The number of ether oxygens (including phenoxy) is 5. The lowest BCUT2D eigenvalue weighted by Gasteiger charge is -2.26. The molecule has 2 saturated heterocycles. The van der Waals surface area contributed by atoms with E-state index in [0.717, 1.165) is 0 Å². The molecule has 2 aromatic rings. The maximum absolute atomic E-state index is 12.9. The van der Waals surface area contributed by atoms with Gasteiger partial charge in [0.1, 0.15) is 36.6 Å². The van der Waals surface area contributed by atoms with E-state index in [0.29, 0.717) is 11.0 Å². The molecule has 2 aliphatic rings. The minimum Gasteiger partial charge on any atom is -0.461 e. The largest absolute Gasteiger partial charge is 0.461 e. The molecule has 204 valence electrons. The normalized spacial score (nSPS) is 25.7. The van der Waals surface area contributed by atoms with E-state index >= 15 is 0 Å². The molecular formula is C24H35N5O8. The number of rotatable bonds is 6. The van der Waals surface area contributed by atoms with Crippen LogP contribution in [0.1, 0.15) is 54.7 Å². The number of aromatic amines is 1. The molecule has 4 heterocycles. The van der Waals surface area contributed by atoms with Gasteiger partial charge in [-0.2, -0.15) is 4.98 Å². The van der Waals surface area contributed by atoms with E-state index in [4.69, 9.17) is 29.4 Å². The Kier molecular flexibility index (Phi) is 6.99. The second-order valence-electron chi connectivity index (χ2n) is 11.0. The highest BCUT2D eigenvalue weighted by atomic mass is 16.8. The SMILES string of the molecule is CC(C)[C@H](NC(=O)OC(C)(C)C)C(=O)OC[C@H]1O[C@@H](n2ccc3c(=O)[nH]c(N)nc32)[C@@H]2OC(C)(C)O[C@@H]21. The number of carbonyl (C=O) groups is 2. The van der Waals surface area contributed by atoms with Crippen molar-refractivity contribution in [1.82, 2.24) is 19.9 Å². The van der Waals surface area contributed by atoms with Gasteiger partial charge in [-0.3, -0.25) is 9.78 Å². The van der Waals surface area contributed by atoms with E-state index in [-0.39, 0.29) is 24.0 Å². The Labute approximate surface area is 213 Å². The molecule has 37 heavy (non-hydrogen) atoms. The standard InChI is InChI=1S/C24H35N5O8/c1-11(2)14(26-22(32)37-23(3,4)5)20(31)33-10-13-15-16(36-24(6,7)35-15)19(34-13)29-9-8-12-17(29)27-21(25)28-18(12)30/h8-9,11,13-16,19H,10H2,1-7H3,(H,26,32)(H3,25,27,28,30)/t13-,14+,15-,16-,19-/m1/s1. The van der Waals surface area contributed by atoms with Crippen molar-refractivity contribution in [3.05, 3.63) is 22.6 Å². The second-order valence-corrected chi connectivity index (χ2v) is 11.0. The number of nitrogens with zero attached hydrogens (tertiary/aromatic N) is 2. The van der Waals surface area contributed by atoms with Crippen LogP contribution in [0.2, 0.25) is 0 Å². The fourth-order valence-electron chi connectivity index (χ4n) is 4.47. The van der Waals surface area contributed by atoms with E-state index < -0.39 is 54.0 Å². The molecule has 13 heteroatoms. The van der Waals surface area contributed by atoms with Gasteiger partial charge in [-0.25, -0.2) is 9.59 Å². The van der Waals surface area contributed by atoms with Crippen molar-refractivity contribution < 1.29 is 33.3 Å². The summed E-state index contributed by atoms with van der Waals surface area (Å²) in [5.74, 6) is -1.82. The Morgan fingerprint density at radius 3 is 2.59 bits per heavy atom. The van der Waals surface area contributed by atoms with Crippen LogP contribution in [0, 0.1) is 5.92 Å². The number of anilines is 1. The summed E-state index contributed by atoms with van der Waals surface area (Å²) in [5.41, 5.74) is 5.00. The summed E-state index contributed by atoms with van der Waals surface area (Å²) in [6, 6.07) is 0.690. The number of alkyl carbamates (subject to hydrolysis) is 1. The zero-order valence-corrected chi connectivity index (χ0v) is 22.1. The van der Waals surface area contributed by atoms with E-state index in [1.54, 1.807) is 65.3 Å². The summed E-state index contributed by atoms with van der Waals surface area (Å²) in [7, 11) is 0. The molecule has 2 aromatic heterocycles. The van der Waals surface area contributed by atoms with Crippen LogP contribution in [0.4, 0.5) is 10.7 Å². The highest BCUT2D eigenvalue weighted by Crippen LogP contribution is 2.43. The molecule has 0 bridgehead atoms. The van der Waals surface area contributed by atoms with Gasteiger partial charge < -0.3 is 39.3 Å². The first-order chi connectivity index (χ1) is 17.1. The number of amides is 1. The third-order valence-electron chi connectivity index (χ3n) is 5.98. The Bertz CT molecular complexity index is 1230. The molecule has 0 unspecified atom stereocenters. The van der Waals surface area contributed by atoms with Crippen LogP contribution >= 0.6 is 0 Å². The van der Waals surface area contributed by atoms with E-state index in [2.05, 4.69) is 15.3 Å². The van der Waals surface area contributed by atoms with Crippen molar-refractivity contribution in [3.8, 4) is 0 Å². The zero-order chi connectivity index (χ0) is 27.3. The summed E-state index contributed by atoms with van der Waals surface area (Å²) < 4.78 is 30.9. The Hall–Kier alpha value is -3.16. The zero-order valence-electron chi connectivity index (χ0n) is 22.1. The lowest BCUT2D eigenvalue weighted by molar-refractivity contribution is -0.202. The Morgan fingerprint density at radius 2 is 1.95 bits per heavy atom. The van der Waals surface area contributed by atoms with Crippen LogP contribution in [0.5, 0.6) is 0 Å². The number of nitrogen functional groups attached to an aromatic ring is 1. The van der Waals surface area contributed by atoms with Crippen molar-refractivity contribution in [1.29, 1.82) is 0 Å². The van der Waals surface area contributed by atoms with Crippen LogP contribution < -0.4 is 16.6 Å². The molecule has 0 radical (unpaired) electrons. The quantitative estimate of drug-likeness (QED) is 0.477. The van der Waals surface area contributed by atoms with E-state index in [1.807, 2.05) is 0 Å². The van der Waals surface area contributed by atoms with Crippen molar-refractivity contribution >= 4 is 29.0 Å². The number of hydrogen-bond acceptors (Lipinski definition) is 10. The molecule has 0 spiro atoms. The molecule has 2 fully saturated rings. The third kappa shape index (κ3) is 5.73. The van der Waals surface area contributed by atoms with Crippen LogP contribution in [-0.2, 0) is 28.5 Å². The van der Waals surface area contributed by atoms with E-state index in [1.165, 1.54) is 0 Å². The second kappa shape index (κ2) is 9.62. The summed E-state index contributed by atoms with van der Waals surface area (Å²) >= 11 is 0. The summed E-state index contributed by atoms with van der Waals surface area (Å²) in [6.45, 7) is 12.2. The average molecular weight is 522 g/mol. The average Bonchev–Trinajstić information content (AvgIpc) is 3.39. The number of carbonyl (C=O) groups excluding carboxylic acids is 2. The van der Waals surface area contributed by atoms with Gasteiger partial charge in [-0.15, -0.1) is 0 Å². The van der Waals surface area contributed by atoms with Gasteiger partial charge in [0.25, 0.3) is 5.56 Å². The smallest absolute Gasteiger partial charge is 0.408 e. The summed E-state index contributed by atoms with van der Waals surface area (Å²) in [4.78, 5) is 44.2. The van der Waals surface area contributed by atoms with Gasteiger partial charge in [0, 0.05) is 6.20 Å². The first kappa shape index (κ1) is 26.9. The van der Waals surface area contributed by atoms with Gasteiger partial charge in [0.15, 0.2) is 17.7 Å². The minimum absolute atomic E-state index is 0.0291. The van der Waals surface area contributed by atoms with Crippen LogP contribution in [0.3, 0.4) is 0 Å². The van der Waals surface area contributed by atoms with Gasteiger partial charge in [-0.1, -0.05) is 13.8 Å². The summed E-state index contributed by atoms with van der Waals surface area (Å²) in [5, 5.41) is 2.92. The number of nitrogens with one attached hydrogen (secondary N) is 2. The predicted octanol–water partition coefficient (Wildman–Crippen LogP) is 1.82. The third-order valence-corrected chi connectivity index (χ3v) is 5.98. The fourth-order valence-corrected chi connectivity index (χ4v) is 4.47. The first-order valence-corrected chi connectivity index (χ1v) is 12.2. The molecule has 0 saturated carbocycles. The topological polar surface area (TPSA) is 169 Å². The molecule has 1 amide bonds. The number of nitrogens with two attached hydrogens (primary N) is 1. The molecule has 4 N–H and O–H groups in total. The highest BCUT2D eigenvalue weighted by Gasteiger charge is 2.56.